The maximum absolute atomic E-state index is 5.59. The van der Waals surface area contributed by atoms with E-state index < -0.39 is 0 Å². The molecule has 3 nitrogen and oxygen atoms in total. The average molecular weight is 248 g/mol. The molecule has 0 bridgehead atoms. The van der Waals surface area contributed by atoms with Crippen LogP contribution in [0.15, 0.2) is 15.8 Å². The van der Waals surface area contributed by atoms with Crippen LogP contribution in [-0.4, -0.2) is 15.2 Å². The van der Waals surface area contributed by atoms with Gasteiger partial charge in [0.1, 0.15) is 17.2 Å². The third-order valence-electron chi connectivity index (χ3n) is 1.13. The van der Waals surface area contributed by atoms with Crippen molar-refractivity contribution in [2.45, 2.75) is 24.1 Å². The molecule has 0 fully saturated rings. The van der Waals surface area contributed by atoms with E-state index in [2.05, 4.69) is 39.7 Å². The Hall–Kier alpha value is -0.290. The van der Waals surface area contributed by atoms with Crippen LogP contribution in [0, 0.1) is 0 Å². The quantitative estimate of drug-likeness (QED) is 0.644. The molecule has 0 spiro atoms. The van der Waals surface area contributed by atoms with Crippen LogP contribution in [0.1, 0.15) is 13.8 Å². The third kappa shape index (κ3) is 2.35. The molecular formula is C7H10BrN3S. The van der Waals surface area contributed by atoms with Crippen LogP contribution in [0.3, 0.4) is 0 Å². The number of thioether (sulfide) groups is 1. The van der Waals surface area contributed by atoms with Crippen molar-refractivity contribution in [2.75, 3.05) is 5.73 Å². The van der Waals surface area contributed by atoms with Crippen LogP contribution in [-0.2, 0) is 0 Å². The number of halogens is 1. The Morgan fingerprint density at radius 1 is 1.50 bits per heavy atom. The Balaban J connectivity index is 2.92. The van der Waals surface area contributed by atoms with Crippen LogP contribution >= 0.6 is 27.7 Å². The zero-order chi connectivity index (χ0) is 9.14. The molecule has 66 valence electrons. The summed E-state index contributed by atoms with van der Waals surface area (Å²) in [5, 5.41) is 1.40. The fourth-order valence-corrected chi connectivity index (χ4v) is 1.92. The molecule has 1 heterocycles. The number of hydrogen-bond acceptors (Lipinski definition) is 4. The predicted molar refractivity (Wildman–Crippen MR) is 55.1 cm³/mol. The van der Waals surface area contributed by atoms with Crippen molar-refractivity contribution in [1.29, 1.82) is 0 Å². The van der Waals surface area contributed by atoms with Crippen molar-refractivity contribution in [2.24, 2.45) is 0 Å². The minimum Gasteiger partial charge on any atom is -0.383 e. The van der Waals surface area contributed by atoms with Gasteiger partial charge in [0.05, 0.1) is 4.47 Å². The van der Waals surface area contributed by atoms with Crippen LogP contribution < -0.4 is 5.73 Å². The topological polar surface area (TPSA) is 51.8 Å². The van der Waals surface area contributed by atoms with Gasteiger partial charge in [0.2, 0.25) is 0 Å². The van der Waals surface area contributed by atoms with Gasteiger partial charge in [-0.05, 0) is 15.9 Å². The largest absolute Gasteiger partial charge is 0.383 e. The molecule has 1 rings (SSSR count). The lowest BCUT2D eigenvalue weighted by atomic mass is 10.6. The van der Waals surface area contributed by atoms with E-state index >= 15 is 0 Å². The molecule has 5 heteroatoms. The second kappa shape index (κ2) is 4.09. The SMILES string of the molecule is CC(C)Sc1ncnc(N)c1Br. The van der Waals surface area contributed by atoms with Crippen LogP contribution in [0.25, 0.3) is 0 Å². The number of nitrogen functional groups attached to an aromatic ring is 1. The highest BCUT2D eigenvalue weighted by atomic mass is 79.9. The van der Waals surface area contributed by atoms with Gasteiger partial charge in [0.15, 0.2) is 0 Å². The van der Waals surface area contributed by atoms with Crippen molar-refractivity contribution >= 4 is 33.5 Å². The molecule has 0 atom stereocenters. The number of anilines is 1. The molecule has 0 aliphatic carbocycles. The average Bonchev–Trinajstić information content (AvgIpc) is 1.98. The second-order valence-corrected chi connectivity index (χ2v) is 4.90. The maximum Gasteiger partial charge on any atom is 0.142 e. The van der Waals surface area contributed by atoms with Crippen LogP contribution in [0.5, 0.6) is 0 Å². The molecule has 12 heavy (non-hydrogen) atoms. The predicted octanol–water partition coefficient (Wildman–Crippen LogP) is 2.32. The monoisotopic (exact) mass is 247 g/mol. The molecule has 0 unspecified atom stereocenters. The van der Waals surface area contributed by atoms with Crippen molar-refractivity contribution in [3.8, 4) is 0 Å². The first-order valence-corrected chi connectivity index (χ1v) is 5.21. The first-order chi connectivity index (χ1) is 5.61. The summed E-state index contributed by atoms with van der Waals surface area (Å²) in [4.78, 5) is 7.96. The molecular weight excluding hydrogens is 238 g/mol. The number of rotatable bonds is 2. The molecule has 0 amide bonds. The summed E-state index contributed by atoms with van der Waals surface area (Å²) < 4.78 is 0.795. The van der Waals surface area contributed by atoms with Crippen molar-refractivity contribution in [1.82, 2.24) is 9.97 Å². The zero-order valence-electron chi connectivity index (χ0n) is 6.91. The Bertz CT molecular complexity index is 277. The van der Waals surface area contributed by atoms with Crippen LogP contribution in [0.2, 0.25) is 0 Å². The molecule has 0 aromatic carbocycles. The van der Waals surface area contributed by atoms with Gasteiger partial charge >= 0.3 is 0 Å². The molecule has 2 N–H and O–H groups in total. The van der Waals surface area contributed by atoms with Crippen LogP contribution in [0.4, 0.5) is 5.82 Å². The summed E-state index contributed by atoms with van der Waals surface area (Å²) in [5.74, 6) is 0.494. The molecule has 1 aromatic rings. The van der Waals surface area contributed by atoms with Gasteiger partial charge in [-0.3, -0.25) is 0 Å². The van der Waals surface area contributed by atoms with Gasteiger partial charge in [-0.1, -0.05) is 13.8 Å². The van der Waals surface area contributed by atoms with E-state index in [0.717, 1.165) is 9.50 Å². The molecule has 0 aliphatic rings. The molecule has 1 aromatic heterocycles. The van der Waals surface area contributed by atoms with Gasteiger partial charge in [0.25, 0.3) is 0 Å². The molecule has 0 saturated carbocycles. The maximum atomic E-state index is 5.59. The highest BCUT2D eigenvalue weighted by molar-refractivity contribution is 9.10. The number of hydrogen-bond donors (Lipinski definition) is 1. The van der Waals surface area contributed by atoms with E-state index in [1.165, 1.54) is 6.33 Å². The van der Waals surface area contributed by atoms with Crippen molar-refractivity contribution in [3.63, 3.8) is 0 Å². The lowest BCUT2D eigenvalue weighted by Gasteiger charge is -2.06. The van der Waals surface area contributed by atoms with E-state index in [-0.39, 0.29) is 0 Å². The smallest absolute Gasteiger partial charge is 0.142 e. The Morgan fingerprint density at radius 2 is 2.17 bits per heavy atom. The number of nitrogens with zero attached hydrogens (tertiary/aromatic N) is 2. The van der Waals surface area contributed by atoms with E-state index in [1.54, 1.807) is 11.8 Å². The normalized spacial score (nSPS) is 10.7. The summed E-state index contributed by atoms with van der Waals surface area (Å²) in [7, 11) is 0. The van der Waals surface area contributed by atoms with Gasteiger partial charge in [-0.25, -0.2) is 9.97 Å². The lowest BCUT2D eigenvalue weighted by molar-refractivity contribution is 1.02. The molecule has 0 saturated heterocycles. The second-order valence-electron chi connectivity index (χ2n) is 2.54. The fourth-order valence-electron chi connectivity index (χ4n) is 0.672. The van der Waals surface area contributed by atoms with Gasteiger partial charge in [-0.2, -0.15) is 0 Å². The number of aromatic nitrogens is 2. The summed E-state index contributed by atoms with van der Waals surface area (Å²) in [6.45, 7) is 4.21. The van der Waals surface area contributed by atoms with Gasteiger partial charge in [0, 0.05) is 5.25 Å². The third-order valence-corrected chi connectivity index (χ3v) is 3.18. The highest BCUT2D eigenvalue weighted by Crippen LogP contribution is 2.30. The Labute approximate surface area is 84.3 Å². The van der Waals surface area contributed by atoms with Gasteiger partial charge in [-0.15, -0.1) is 11.8 Å². The number of nitrogens with two attached hydrogens (primary N) is 1. The minimum absolute atomic E-state index is 0.494. The first-order valence-electron chi connectivity index (χ1n) is 3.54. The van der Waals surface area contributed by atoms with Crippen molar-refractivity contribution in [3.05, 3.63) is 10.8 Å². The zero-order valence-corrected chi connectivity index (χ0v) is 9.32. The summed E-state index contributed by atoms with van der Waals surface area (Å²) in [5.41, 5.74) is 5.59. The summed E-state index contributed by atoms with van der Waals surface area (Å²) >= 11 is 5.00. The summed E-state index contributed by atoms with van der Waals surface area (Å²) in [6, 6.07) is 0. The molecule has 0 radical (unpaired) electrons. The fraction of sp³-hybridized carbons (Fsp3) is 0.429. The van der Waals surface area contributed by atoms with Crippen molar-refractivity contribution < 1.29 is 0 Å². The first kappa shape index (κ1) is 9.80. The highest BCUT2D eigenvalue weighted by Gasteiger charge is 2.07. The van der Waals surface area contributed by atoms with E-state index in [4.69, 9.17) is 5.73 Å². The van der Waals surface area contributed by atoms with E-state index in [0.29, 0.717) is 11.1 Å². The standard InChI is InChI=1S/C7H10BrN3S/c1-4(2)12-7-5(8)6(9)10-3-11-7/h3-4H,1-2H3,(H2,9,10,11). The summed E-state index contributed by atoms with van der Waals surface area (Å²) in [6.07, 6.45) is 1.48. The minimum atomic E-state index is 0.494. The lowest BCUT2D eigenvalue weighted by Crippen LogP contribution is -1.96. The Morgan fingerprint density at radius 3 is 2.75 bits per heavy atom. The van der Waals surface area contributed by atoms with E-state index in [1.807, 2.05) is 0 Å². The van der Waals surface area contributed by atoms with E-state index in [9.17, 15) is 0 Å². The van der Waals surface area contributed by atoms with Gasteiger partial charge < -0.3 is 5.73 Å². The molecule has 0 aliphatic heterocycles. The Kier molecular flexibility index (Phi) is 3.34.